The zero-order valence-electron chi connectivity index (χ0n) is 24.7. The molecule has 0 amide bonds. The first-order valence-corrected chi connectivity index (χ1v) is 15.4. The molecule has 0 aliphatic heterocycles. The van der Waals surface area contributed by atoms with Crippen molar-refractivity contribution < 1.29 is 0 Å². The van der Waals surface area contributed by atoms with E-state index in [0.29, 0.717) is 0 Å². The topological polar surface area (TPSA) is 52.0 Å². The van der Waals surface area contributed by atoms with Crippen LogP contribution in [0.4, 0.5) is 11.4 Å². The molecule has 0 heterocycles. The van der Waals surface area contributed by atoms with Gasteiger partial charge in [-0.1, -0.05) is 100.0 Å². The molecule has 0 unspecified atom stereocenters. The van der Waals surface area contributed by atoms with Crippen LogP contribution in [-0.2, 0) is 31.1 Å². The number of hydrogen-bond donors (Lipinski definition) is 2. The first-order chi connectivity index (χ1) is 19.4. The van der Waals surface area contributed by atoms with Gasteiger partial charge in [0, 0.05) is 16.8 Å². The van der Waals surface area contributed by atoms with Crippen molar-refractivity contribution in [3.05, 3.63) is 129 Å². The van der Waals surface area contributed by atoms with E-state index in [1.807, 2.05) is 0 Å². The van der Waals surface area contributed by atoms with Gasteiger partial charge in [0.25, 0.3) is 0 Å². The minimum atomic E-state index is 0.0931. The third-order valence-corrected chi connectivity index (χ3v) is 9.54. The maximum absolute atomic E-state index is 6.15. The number of anilines is 2. The van der Waals surface area contributed by atoms with Crippen molar-refractivity contribution in [2.45, 2.75) is 84.0 Å². The summed E-state index contributed by atoms with van der Waals surface area (Å²) in [4.78, 5) is 0. The highest BCUT2D eigenvalue weighted by Crippen LogP contribution is 2.47. The molecule has 4 aromatic carbocycles. The SMILES string of the molecule is CCc1cc(Cc2ccc(C3(c4ccc(Cc5ccc(N)c(CC)c5)cc4)CCC(CC)CC3)cc2)ccc1N. The fraction of sp³-hybridized carbons (Fsp3) is 0.368. The molecular weight excluding hydrogens is 484 g/mol. The lowest BCUT2D eigenvalue weighted by Gasteiger charge is -2.41. The zero-order chi connectivity index (χ0) is 28.1. The molecule has 1 fully saturated rings. The lowest BCUT2D eigenvalue weighted by molar-refractivity contribution is 0.260. The van der Waals surface area contributed by atoms with Crippen LogP contribution in [0.3, 0.4) is 0 Å². The molecule has 0 radical (unpaired) electrons. The summed E-state index contributed by atoms with van der Waals surface area (Å²) in [7, 11) is 0. The van der Waals surface area contributed by atoms with E-state index in [-0.39, 0.29) is 5.41 Å². The van der Waals surface area contributed by atoms with E-state index in [1.165, 1.54) is 76.6 Å². The first-order valence-electron chi connectivity index (χ1n) is 15.4. The summed E-state index contributed by atoms with van der Waals surface area (Å²) in [6.45, 7) is 6.69. The van der Waals surface area contributed by atoms with E-state index in [1.54, 1.807) is 0 Å². The van der Waals surface area contributed by atoms with Crippen molar-refractivity contribution >= 4 is 11.4 Å². The third-order valence-electron chi connectivity index (χ3n) is 9.54. The Morgan fingerprint density at radius 1 is 0.575 bits per heavy atom. The Morgan fingerprint density at radius 3 is 1.35 bits per heavy atom. The fourth-order valence-electron chi connectivity index (χ4n) is 6.83. The van der Waals surface area contributed by atoms with Crippen LogP contribution in [0.25, 0.3) is 0 Å². The largest absolute Gasteiger partial charge is 0.399 e. The van der Waals surface area contributed by atoms with Gasteiger partial charge in [0.05, 0.1) is 0 Å². The maximum atomic E-state index is 6.15. The van der Waals surface area contributed by atoms with E-state index in [4.69, 9.17) is 11.5 Å². The highest BCUT2D eigenvalue weighted by molar-refractivity contribution is 5.51. The van der Waals surface area contributed by atoms with Crippen molar-refractivity contribution in [2.24, 2.45) is 5.92 Å². The molecule has 2 nitrogen and oxygen atoms in total. The van der Waals surface area contributed by atoms with Crippen molar-refractivity contribution in [3.63, 3.8) is 0 Å². The van der Waals surface area contributed by atoms with Gasteiger partial charge in [-0.05, 0) is 114 Å². The van der Waals surface area contributed by atoms with Crippen molar-refractivity contribution in [2.75, 3.05) is 11.5 Å². The highest BCUT2D eigenvalue weighted by atomic mass is 14.6. The van der Waals surface area contributed by atoms with Crippen molar-refractivity contribution in [3.8, 4) is 0 Å². The number of hydrogen-bond acceptors (Lipinski definition) is 2. The van der Waals surface area contributed by atoms with Gasteiger partial charge in [0.2, 0.25) is 0 Å². The second-order valence-corrected chi connectivity index (χ2v) is 12.0. The van der Waals surface area contributed by atoms with Crippen LogP contribution in [-0.4, -0.2) is 0 Å². The summed E-state index contributed by atoms with van der Waals surface area (Å²) in [6.07, 6.45) is 10.2. The van der Waals surface area contributed by atoms with Gasteiger partial charge >= 0.3 is 0 Å². The molecule has 2 heteroatoms. The predicted octanol–water partition coefficient (Wildman–Crippen LogP) is 9.04. The molecule has 5 rings (SSSR count). The van der Waals surface area contributed by atoms with Gasteiger partial charge in [-0.2, -0.15) is 0 Å². The minimum absolute atomic E-state index is 0.0931. The smallest absolute Gasteiger partial charge is 0.0346 e. The number of rotatable bonds is 9. The Balaban J connectivity index is 1.39. The summed E-state index contributed by atoms with van der Waals surface area (Å²) < 4.78 is 0. The maximum Gasteiger partial charge on any atom is 0.0346 e. The van der Waals surface area contributed by atoms with E-state index >= 15 is 0 Å². The van der Waals surface area contributed by atoms with Crippen LogP contribution in [0.15, 0.2) is 84.9 Å². The fourth-order valence-corrected chi connectivity index (χ4v) is 6.83. The molecule has 4 aromatic rings. The second-order valence-electron chi connectivity index (χ2n) is 12.0. The zero-order valence-corrected chi connectivity index (χ0v) is 24.7. The van der Waals surface area contributed by atoms with Crippen LogP contribution in [0.1, 0.15) is 97.4 Å². The molecule has 40 heavy (non-hydrogen) atoms. The number of nitrogen functional groups attached to an aromatic ring is 2. The van der Waals surface area contributed by atoms with Gasteiger partial charge in [0.15, 0.2) is 0 Å². The quantitative estimate of drug-likeness (QED) is 0.212. The normalized spacial score (nSPS) is 15.3. The minimum Gasteiger partial charge on any atom is -0.399 e. The summed E-state index contributed by atoms with van der Waals surface area (Å²) in [5.74, 6) is 0.850. The van der Waals surface area contributed by atoms with E-state index in [0.717, 1.165) is 43.0 Å². The van der Waals surface area contributed by atoms with Crippen LogP contribution >= 0.6 is 0 Å². The van der Waals surface area contributed by atoms with Crippen molar-refractivity contribution in [1.82, 2.24) is 0 Å². The molecule has 1 aliphatic rings. The van der Waals surface area contributed by atoms with Crippen LogP contribution in [0.5, 0.6) is 0 Å². The second kappa shape index (κ2) is 12.3. The Hall–Kier alpha value is -3.52. The molecule has 0 atom stereocenters. The molecular formula is C38H46N2. The molecule has 1 saturated carbocycles. The van der Waals surface area contributed by atoms with Gasteiger partial charge in [0.1, 0.15) is 0 Å². The molecule has 0 aromatic heterocycles. The van der Waals surface area contributed by atoms with Crippen LogP contribution < -0.4 is 11.5 Å². The average Bonchev–Trinajstić information content (AvgIpc) is 3.00. The Kier molecular flexibility index (Phi) is 8.64. The Labute approximate surface area is 241 Å². The highest BCUT2D eigenvalue weighted by Gasteiger charge is 2.38. The molecule has 0 saturated heterocycles. The standard InChI is InChI=1S/C38H46N2/c1-4-27-19-21-38(22-20-27,34-13-7-28(8-14-34)23-30-11-17-36(39)32(5-2)25-30)35-15-9-29(10-16-35)24-31-12-18-37(40)33(6-3)26-31/h7-18,25-27H,4-6,19-24,39-40H2,1-3H3. The Morgan fingerprint density at radius 2 is 0.975 bits per heavy atom. The van der Waals surface area contributed by atoms with Crippen molar-refractivity contribution in [1.29, 1.82) is 0 Å². The summed E-state index contributed by atoms with van der Waals surface area (Å²) in [5, 5.41) is 0. The van der Waals surface area contributed by atoms with Gasteiger partial charge < -0.3 is 11.5 Å². The third kappa shape index (κ3) is 5.97. The number of aryl methyl sites for hydroxylation is 2. The van der Waals surface area contributed by atoms with E-state index in [2.05, 4.69) is 106 Å². The van der Waals surface area contributed by atoms with E-state index in [9.17, 15) is 0 Å². The van der Waals surface area contributed by atoms with Gasteiger partial charge in [-0.25, -0.2) is 0 Å². The lowest BCUT2D eigenvalue weighted by atomic mass is 9.62. The van der Waals surface area contributed by atoms with Crippen LogP contribution in [0, 0.1) is 5.92 Å². The first kappa shape index (κ1) is 28.0. The molecule has 0 bridgehead atoms. The van der Waals surface area contributed by atoms with Gasteiger partial charge in [-0.15, -0.1) is 0 Å². The van der Waals surface area contributed by atoms with Crippen LogP contribution in [0.2, 0.25) is 0 Å². The summed E-state index contributed by atoms with van der Waals surface area (Å²) in [6, 6.07) is 32.1. The molecule has 208 valence electrons. The van der Waals surface area contributed by atoms with E-state index < -0.39 is 0 Å². The number of nitrogens with two attached hydrogens (primary N) is 2. The number of benzene rings is 4. The van der Waals surface area contributed by atoms with Gasteiger partial charge in [-0.3, -0.25) is 0 Å². The molecule has 0 spiro atoms. The molecule has 1 aliphatic carbocycles. The summed E-state index contributed by atoms with van der Waals surface area (Å²) >= 11 is 0. The predicted molar refractivity (Wildman–Crippen MR) is 172 cm³/mol. The average molecular weight is 531 g/mol. The lowest BCUT2D eigenvalue weighted by Crippen LogP contribution is -2.33. The Bertz CT molecular complexity index is 1310. The summed E-state index contributed by atoms with van der Waals surface area (Å²) in [5.41, 5.74) is 25.0. The monoisotopic (exact) mass is 530 g/mol. The molecule has 4 N–H and O–H groups in total.